The highest BCUT2D eigenvalue weighted by Gasteiger charge is 2.26. The fourth-order valence-corrected chi connectivity index (χ4v) is 2.47. The van der Waals surface area contributed by atoms with Gasteiger partial charge in [-0.05, 0) is 31.2 Å². The summed E-state index contributed by atoms with van der Waals surface area (Å²) in [6.07, 6.45) is 2.52. The molecule has 0 aliphatic heterocycles. The summed E-state index contributed by atoms with van der Waals surface area (Å²) in [5, 5.41) is 3.32. The number of aromatic nitrogens is 2. The zero-order valence-corrected chi connectivity index (χ0v) is 13.1. The van der Waals surface area contributed by atoms with E-state index in [1.807, 2.05) is 0 Å². The van der Waals surface area contributed by atoms with Crippen molar-refractivity contribution < 1.29 is 0 Å². The Kier molecular flexibility index (Phi) is 3.91. The molecule has 0 radical (unpaired) electrons. The largest absolute Gasteiger partial charge is 0.370 e. The molecule has 1 aliphatic rings. The van der Waals surface area contributed by atoms with Crippen molar-refractivity contribution >= 4 is 5.82 Å². The van der Waals surface area contributed by atoms with E-state index in [0.717, 1.165) is 23.8 Å². The molecule has 3 nitrogen and oxygen atoms in total. The van der Waals surface area contributed by atoms with Crippen molar-refractivity contribution in [3.63, 3.8) is 0 Å². The average Bonchev–Trinajstić information content (AvgIpc) is 3.32. The molecule has 0 saturated heterocycles. The van der Waals surface area contributed by atoms with Gasteiger partial charge in [0.15, 0.2) is 5.82 Å². The Hall–Kier alpha value is -1.90. The third kappa shape index (κ3) is 3.23. The first-order valence-electron chi connectivity index (χ1n) is 7.90. The third-order valence-corrected chi connectivity index (χ3v) is 3.94. The number of nitrogens with one attached hydrogen (secondary N) is 1. The van der Waals surface area contributed by atoms with Crippen molar-refractivity contribution in [2.45, 2.75) is 45.4 Å². The number of nitrogens with zero attached hydrogens (tertiary/aromatic N) is 2. The molecule has 1 heterocycles. The van der Waals surface area contributed by atoms with Crippen molar-refractivity contribution in [2.75, 3.05) is 11.9 Å². The van der Waals surface area contributed by atoms with Crippen LogP contribution in [0.4, 0.5) is 5.82 Å². The minimum Gasteiger partial charge on any atom is -0.370 e. The minimum atomic E-state index is 0.551. The van der Waals surface area contributed by atoms with E-state index in [1.54, 1.807) is 0 Å². The maximum Gasteiger partial charge on any atom is 0.161 e. The Bertz CT molecular complexity index is 613. The summed E-state index contributed by atoms with van der Waals surface area (Å²) in [6, 6.07) is 10.7. The lowest BCUT2D eigenvalue weighted by Gasteiger charge is -2.10. The minimum absolute atomic E-state index is 0.551. The van der Waals surface area contributed by atoms with E-state index >= 15 is 0 Å². The molecule has 0 amide bonds. The van der Waals surface area contributed by atoms with Crippen molar-refractivity contribution in [3.05, 3.63) is 41.6 Å². The van der Waals surface area contributed by atoms with Crippen LogP contribution in [0.1, 0.15) is 56.7 Å². The van der Waals surface area contributed by atoms with Crippen LogP contribution in [0.2, 0.25) is 0 Å². The number of anilines is 1. The van der Waals surface area contributed by atoms with Crippen LogP contribution in [0.15, 0.2) is 30.3 Å². The maximum atomic E-state index is 4.77. The second kappa shape index (κ2) is 5.84. The van der Waals surface area contributed by atoms with Gasteiger partial charge in [-0.3, -0.25) is 0 Å². The number of hydrogen-bond donors (Lipinski definition) is 1. The zero-order chi connectivity index (χ0) is 14.8. The van der Waals surface area contributed by atoms with Gasteiger partial charge in [0, 0.05) is 29.8 Å². The SMILES string of the molecule is CCNc1cc(C2CC2)nc(-c2ccc(C(C)C)cc2)n1. The van der Waals surface area contributed by atoms with Gasteiger partial charge in [0.25, 0.3) is 0 Å². The Balaban J connectivity index is 1.95. The van der Waals surface area contributed by atoms with Crippen molar-refractivity contribution in [1.82, 2.24) is 9.97 Å². The zero-order valence-electron chi connectivity index (χ0n) is 13.1. The lowest BCUT2D eigenvalue weighted by atomic mass is 10.0. The highest BCUT2D eigenvalue weighted by atomic mass is 15.0. The van der Waals surface area contributed by atoms with Crippen LogP contribution in [0.5, 0.6) is 0 Å². The van der Waals surface area contributed by atoms with E-state index in [4.69, 9.17) is 4.98 Å². The number of benzene rings is 1. The van der Waals surface area contributed by atoms with E-state index < -0.39 is 0 Å². The second-order valence-corrected chi connectivity index (χ2v) is 6.08. The van der Waals surface area contributed by atoms with Crippen molar-refractivity contribution in [1.29, 1.82) is 0 Å². The van der Waals surface area contributed by atoms with Crippen LogP contribution in [-0.4, -0.2) is 16.5 Å². The highest BCUT2D eigenvalue weighted by molar-refractivity contribution is 5.58. The summed E-state index contributed by atoms with van der Waals surface area (Å²) in [5.74, 6) is 2.97. The smallest absolute Gasteiger partial charge is 0.161 e. The normalized spacial score (nSPS) is 14.5. The number of rotatable bonds is 5. The molecule has 21 heavy (non-hydrogen) atoms. The van der Waals surface area contributed by atoms with E-state index in [2.05, 4.69) is 61.4 Å². The molecule has 1 N–H and O–H groups in total. The average molecular weight is 281 g/mol. The molecule has 1 saturated carbocycles. The predicted octanol–water partition coefficient (Wildman–Crippen LogP) is 4.58. The molecular weight excluding hydrogens is 258 g/mol. The Morgan fingerprint density at radius 3 is 2.43 bits per heavy atom. The van der Waals surface area contributed by atoms with Crippen molar-refractivity contribution in [3.8, 4) is 11.4 Å². The monoisotopic (exact) mass is 281 g/mol. The van der Waals surface area contributed by atoms with Gasteiger partial charge in [-0.1, -0.05) is 38.1 Å². The molecule has 1 aromatic carbocycles. The summed E-state index contributed by atoms with van der Waals surface area (Å²) >= 11 is 0. The third-order valence-electron chi connectivity index (χ3n) is 3.94. The summed E-state index contributed by atoms with van der Waals surface area (Å²) in [7, 11) is 0. The van der Waals surface area contributed by atoms with Crippen molar-refractivity contribution in [2.24, 2.45) is 0 Å². The highest BCUT2D eigenvalue weighted by Crippen LogP contribution is 2.40. The van der Waals surface area contributed by atoms with Crippen LogP contribution >= 0.6 is 0 Å². The van der Waals surface area contributed by atoms with Crippen LogP contribution in [0.3, 0.4) is 0 Å². The van der Waals surface area contributed by atoms with Crippen LogP contribution in [-0.2, 0) is 0 Å². The topological polar surface area (TPSA) is 37.8 Å². The van der Waals surface area contributed by atoms with E-state index in [9.17, 15) is 0 Å². The van der Waals surface area contributed by atoms with Crippen LogP contribution < -0.4 is 5.32 Å². The summed E-state index contributed by atoms with van der Waals surface area (Å²) in [5.41, 5.74) is 3.63. The molecule has 0 atom stereocenters. The molecule has 2 aromatic rings. The van der Waals surface area contributed by atoms with E-state index in [-0.39, 0.29) is 0 Å². The lowest BCUT2D eigenvalue weighted by Crippen LogP contribution is -2.03. The molecule has 3 heteroatoms. The molecule has 1 fully saturated rings. The van der Waals surface area contributed by atoms with Gasteiger partial charge in [-0.15, -0.1) is 0 Å². The molecule has 0 bridgehead atoms. The molecular formula is C18H23N3. The Morgan fingerprint density at radius 2 is 1.86 bits per heavy atom. The fourth-order valence-electron chi connectivity index (χ4n) is 2.47. The Morgan fingerprint density at radius 1 is 1.14 bits per heavy atom. The summed E-state index contributed by atoms with van der Waals surface area (Å²) in [4.78, 5) is 9.43. The standard InChI is InChI=1S/C18H23N3/c1-4-19-17-11-16(14-7-8-14)20-18(21-17)15-9-5-13(6-10-15)12(2)3/h5-6,9-12,14H,4,7-8H2,1-3H3,(H,19,20,21). The first-order chi connectivity index (χ1) is 10.2. The number of hydrogen-bond acceptors (Lipinski definition) is 3. The van der Waals surface area contributed by atoms with Gasteiger partial charge in [0.1, 0.15) is 5.82 Å². The first-order valence-corrected chi connectivity index (χ1v) is 7.90. The molecule has 0 unspecified atom stereocenters. The molecule has 1 aromatic heterocycles. The maximum absolute atomic E-state index is 4.77. The van der Waals surface area contributed by atoms with E-state index in [0.29, 0.717) is 11.8 Å². The molecule has 110 valence electrons. The van der Waals surface area contributed by atoms with Gasteiger partial charge >= 0.3 is 0 Å². The molecule has 0 spiro atoms. The quantitative estimate of drug-likeness (QED) is 0.872. The van der Waals surface area contributed by atoms with Crippen LogP contribution in [0, 0.1) is 0 Å². The van der Waals surface area contributed by atoms with Gasteiger partial charge in [-0.2, -0.15) is 0 Å². The lowest BCUT2D eigenvalue weighted by molar-refractivity contribution is 0.866. The van der Waals surface area contributed by atoms with E-state index in [1.165, 1.54) is 24.1 Å². The van der Waals surface area contributed by atoms with Crippen LogP contribution in [0.25, 0.3) is 11.4 Å². The van der Waals surface area contributed by atoms with Gasteiger partial charge in [0.05, 0.1) is 0 Å². The van der Waals surface area contributed by atoms with Gasteiger partial charge < -0.3 is 5.32 Å². The van der Waals surface area contributed by atoms with Gasteiger partial charge in [0.2, 0.25) is 0 Å². The summed E-state index contributed by atoms with van der Waals surface area (Å²) in [6.45, 7) is 7.40. The first kappa shape index (κ1) is 14.1. The fraction of sp³-hybridized carbons (Fsp3) is 0.444. The predicted molar refractivity (Wildman–Crippen MR) is 87.7 cm³/mol. The molecule has 3 rings (SSSR count). The Labute approximate surface area is 126 Å². The summed E-state index contributed by atoms with van der Waals surface area (Å²) < 4.78 is 0. The molecule has 1 aliphatic carbocycles. The van der Waals surface area contributed by atoms with Gasteiger partial charge in [-0.25, -0.2) is 9.97 Å². The second-order valence-electron chi connectivity index (χ2n) is 6.08.